The summed E-state index contributed by atoms with van der Waals surface area (Å²) in [6.07, 6.45) is 2.06. The second-order valence-electron chi connectivity index (χ2n) is 8.55. The molecule has 0 radical (unpaired) electrons. The number of nitrogens with zero attached hydrogens (tertiary/aromatic N) is 3. The fraction of sp³-hybridized carbons (Fsp3) is 1.00. The first kappa shape index (κ1) is 21.3. The molecule has 2 rings (SSSR count). The molecule has 2 saturated heterocycles. The predicted octanol–water partition coefficient (Wildman–Crippen LogP) is 2.60. The smallest absolute Gasteiger partial charge is 0.218 e. The van der Waals surface area contributed by atoms with E-state index in [0.717, 1.165) is 32.6 Å². The van der Waals surface area contributed by atoms with Gasteiger partial charge in [0.2, 0.25) is 7.44 Å². The average molecular weight is 375 g/mol. The van der Waals surface area contributed by atoms with E-state index in [4.69, 9.17) is 9.47 Å². The van der Waals surface area contributed by atoms with Crippen LogP contribution in [0.2, 0.25) is 0 Å². The highest BCUT2D eigenvalue weighted by atomic mass is 31.2. The molecule has 25 heavy (non-hydrogen) atoms. The normalized spacial score (nSPS) is 35.2. The Bertz CT molecular complexity index is 462. The fourth-order valence-corrected chi connectivity index (χ4v) is 6.82. The van der Waals surface area contributed by atoms with Crippen LogP contribution < -0.4 is 0 Å². The van der Waals surface area contributed by atoms with Gasteiger partial charge in [0.1, 0.15) is 0 Å². The van der Waals surface area contributed by atoms with Gasteiger partial charge in [0, 0.05) is 26.2 Å². The van der Waals surface area contributed by atoms with Gasteiger partial charge in [-0.05, 0) is 47.3 Å². The molecule has 0 aromatic heterocycles. The van der Waals surface area contributed by atoms with Crippen molar-refractivity contribution in [3.05, 3.63) is 0 Å². The van der Waals surface area contributed by atoms with E-state index in [9.17, 15) is 4.57 Å². The van der Waals surface area contributed by atoms with Gasteiger partial charge in [0.25, 0.3) is 0 Å². The van der Waals surface area contributed by atoms with Gasteiger partial charge < -0.3 is 14.4 Å². The Balaban J connectivity index is 2.13. The van der Waals surface area contributed by atoms with Crippen molar-refractivity contribution in [1.82, 2.24) is 14.2 Å². The molecular weight excluding hydrogens is 337 g/mol. The Kier molecular flexibility index (Phi) is 7.52. The molecule has 5 unspecified atom stereocenters. The molecule has 5 atom stereocenters. The highest BCUT2D eigenvalue weighted by molar-refractivity contribution is 7.59. The molecule has 0 aromatic rings. The predicted molar refractivity (Wildman–Crippen MR) is 103 cm³/mol. The van der Waals surface area contributed by atoms with Crippen molar-refractivity contribution in [2.75, 3.05) is 53.5 Å². The first-order valence-corrected chi connectivity index (χ1v) is 11.4. The summed E-state index contributed by atoms with van der Waals surface area (Å²) in [4.78, 5) is 2.28. The van der Waals surface area contributed by atoms with Crippen LogP contribution in [0.15, 0.2) is 0 Å². The van der Waals surface area contributed by atoms with Gasteiger partial charge in [-0.3, -0.25) is 4.57 Å². The second-order valence-corrected chi connectivity index (χ2v) is 11.6. The molecule has 6 nitrogen and oxygen atoms in total. The Labute approximate surface area is 154 Å². The summed E-state index contributed by atoms with van der Waals surface area (Å²) in [5, 5.41) is 0. The maximum Gasteiger partial charge on any atom is 0.218 e. The highest BCUT2D eigenvalue weighted by Gasteiger charge is 2.41. The van der Waals surface area contributed by atoms with Gasteiger partial charge in [-0.25, -0.2) is 9.34 Å². The lowest BCUT2D eigenvalue weighted by Crippen LogP contribution is -2.50. The van der Waals surface area contributed by atoms with E-state index < -0.39 is 7.44 Å². The molecule has 0 bridgehead atoms. The number of likely N-dealkylation sites (N-methyl/N-ethyl adjacent to an activating group) is 1. The largest absolute Gasteiger partial charge is 0.373 e. The van der Waals surface area contributed by atoms with E-state index in [1.807, 2.05) is 18.8 Å². The van der Waals surface area contributed by atoms with E-state index in [1.54, 1.807) is 0 Å². The molecule has 148 valence electrons. The van der Waals surface area contributed by atoms with Crippen LogP contribution in [0.25, 0.3) is 0 Å². The van der Waals surface area contributed by atoms with Crippen LogP contribution >= 0.6 is 7.44 Å². The molecular formula is C18H38N3O3P. The van der Waals surface area contributed by atoms with Crippen LogP contribution in [0.4, 0.5) is 0 Å². The molecule has 2 heterocycles. The number of morpholine rings is 2. The number of hydrogen-bond donors (Lipinski definition) is 0. The summed E-state index contributed by atoms with van der Waals surface area (Å²) in [7, 11) is 3.32. The van der Waals surface area contributed by atoms with Crippen molar-refractivity contribution in [3.63, 3.8) is 0 Å². The van der Waals surface area contributed by atoms with Gasteiger partial charge in [-0.1, -0.05) is 13.8 Å². The molecule has 0 aromatic carbocycles. The van der Waals surface area contributed by atoms with Crippen LogP contribution in [0.1, 0.15) is 34.1 Å². The Morgan fingerprint density at radius 1 is 1.04 bits per heavy atom. The summed E-state index contributed by atoms with van der Waals surface area (Å²) < 4.78 is 30.4. The third-order valence-corrected chi connectivity index (χ3v) is 8.40. The van der Waals surface area contributed by atoms with Crippen molar-refractivity contribution >= 4 is 7.44 Å². The SMILES string of the molecule is CC(C)CC1CN(P(=O)(CC2CN(C)CC(C)O2)N(C)C)CC(C)O1. The Hall–Kier alpha value is 0.0300. The van der Waals surface area contributed by atoms with Crippen LogP contribution in [0.5, 0.6) is 0 Å². The summed E-state index contributed by atoms with van der Waals surface area (Å²) in [6, 6.07) is 0. The van der Waals surface area contributed by atoms with Gasteiger partial charge in [0.05, 0.1) is 30.6 Å². The second kappa shape index (κ2) is 8.81. The third kappa shape index (κ3) is 5.75. The number of hydrogen-bond acceptors (Lipinski definition) is 4. The molecule has 0 N–H and O–H groups in total. The molecule has 0 amide bonds. The van der Waals surface area contributed by atoms with Crippen molar-refractivity contribution in [3.8, 4) is 0 Å². The standard InChI is InChI=1S/C18H38N3O3P/c1-14(2)8-17-12-21(10-16(4)23-17)25(22,19(5)6)13-18-11-20(7)9-15(3)24-18/h14-18H,8-13H2,1-7H3. The zero-order chi connectivity index (χ0) is 18.8. The summed E-state index contributed by atoms with van der Waals surface area (Å²) >= 11 is 0. The van der Waals surface area contributed by atoms with Crippen molar-refractivity contribution in [1.29, 1.82) is 0 Å². The molecule has 7 heteroatoms. The van der Waals surface area contributed by atoms with E-state index in [2.05, 4.69) is 44.3 Å². The monoisotopic (exact) mass is 375 g/mol. The summed E-state index contributed by atoms with van der Waals surface area (Å²) in [5.74, 6) is 0.576. The van der Waals surface area contributed by atoms with Crippen molar-refractivity contribution < 1.29 is 14.0 Å². The topological polar surface area (TPSA) is 45.2 Å². The van der Waals surface area contributed by atoms with Gasteiger partial charge in [-0.15, -0.1) is 0 Å². The van der Waals surface area contributed by atoms with E-state index in [1.165, 1.54) is 0 Å². The quantitative estimate of drug-likeness (QED) is 0.665. The zero-order valence-electron chi connectivity index (χ0n) is 17.1. The van der Waals surface area contributed by atoms with Gasteiger partial charge in [-0.2, -0.15) is 0 Å². The van der Waals surface area contributed by atoms with Gasteiger partial charge >= 0.3 is 0 Å². The number of rotatable bonds is 6. The lowest BCUT2D eigenvalue weighted by molar-refractivity contribution is -0.0689. The molecule has 0 saturated carbocycles. The van der Waals surface area contributed by atoms with Crippen LogP contribution in [-0.2, 0) is 14.0 Å². The Morgan fingerprint density at radius 2 is 1.64 bits per heavy atom. The molecule has 0 spiro atoms. The first-order chi connectivity index (χ1) is 11.6. The lowest BCUT2D eigenvalue weighted by atomic mass is 10.0. The van der Waals surface area contributed by atoms with Gasteiger partial charge in [0.15, 0.2) is 0 Å². The minimum absolute atomic E-state index is 0.0173. The van der Waals surface area contributed by atoms with Crippen LogP contribution in [0, 0.1) is 5.92 Å². The Morgan fingerprint density at radius 3 is 2.20 bits per heavy atom. The van der Waals surface area contributed by atoms with E-state index in [0.29, 0.717) is 12.1 Å². The van der Waals surface area contributed by atoms with E-state index >= 15 is 0 Å². The third-order valence-electron chi connectivity index (χ3n) is 5.06. The molecule has 2 fully saturated rings. The number of ether oxygens (including phenoxy) is 2. The van der Waals surface area contributed by atoms with Crippen molar-refractivity contribution in [2.45, 2.75) is 58.5 Å². The molecule has 0 aliphatic carbocycles. The highest BCUT2D eigenvalue weighted by Crippen LogP contribution is 2.53. The van der Waals surface area contributed by atoms with E-state index in [-0.39, 0.29) is 24.4 Å². The minimum atomic E-state index is -2.67. The zero-order valence-corrected chi connectivity index (χ0v) is 18.0. The molecule has 2 aliphatic heterocycles. The maximum absolute atomic E-state index is 14.0. The molecule has 2 aliphatic rings. The minimum Gasteiger partial charge on any atom is -0.373 e. The van der Waals surface area contributed by atoms with Crippen molar-refractivity contribution in [2.24, 2.45) is 5.92 Å². The average Bonchev–Trinajstić information content (AvgIpc) is 2.44. The van der Waals surface area contributed by atoms with Crippen LogP contribution in [-0.4, -0.2) is 92.1 Å². The first-order valence-electron chi connectivity index (χ1n) is 9.62. The van der Waals surface area contributed by atoms with Crippen LogP contribution in [0.3, 0.4) is 0 Å². The summed E-state index contributed by atoms with van der Waals surface area (Å²) in [5.41, 5.74) is 0. The lowest BCUT2D eigenvalue weighted by Gasteiger charge is -2.45. The fourth-order valence-electron chi connectivity index (χ4n) is 4.11. The maximum atomic E-state index is 14.0. The summed E-state index contributed by atoms with van der Waals surface area (Å²) in [6.45, 7) is 11.9.